The summed E-state index contributed by atoms with van der Waals surface area (Å²) in [4.78, 5) is 4.90. The van der Waals surface area contributed by atoms with E-state index in [9.17, 15) is 0 Å². The van der Waals surface area contributed by atoms with Gasteiger partial charge < -0.3 is 9.30 Å². The molecule has 0 bridgehead atoms. The zero-order valence-electron chi connectivity index (χ0n) is 19.2. The minimum absolute atomic E-state index is 0.411. The lowest BCUT2D eigenvalue weighted by Gasteiger charge is -2.16. The normalized spacial score (nSPS) is 11.6. The maximum atomic E-state index is 6.34. The average Bonchev–Trinajstić information content (AvgIpc) is 3.10. The van der Waals surface area contributed by atoms with Crippen LogP contribution in [-0.4, -0.2) is 9.55 Å². The Hall–Kier alpha value is -3.07. The van der Waals surface area contributed by atoms with Gasteiger partial charge in [-0.05, 0) is 59.2 Å². The SMILES string of the molecule is Cc1ccc(C(C)C)c(OCc2nc3ccccc3n2Cc2ccc(C(C)C)cc2)c1. The van der Waals surface area contributed by atoms with Crippen LogP contribution in [0.5, 0.6) is 5.75 Å². The van der Waals surface area contributed by atoms with Crippen molar-refractivity contribution in [2.75, 3.05) is 0 Å². The van der Waals surface area contributed by atoms with E-state index in [2.05, 4.69) is 99.8 Å². The second-order valence-corrected chi connectivity index (χ2v) is 8.98. The molecular weight excluding hydrogens is 380 g/mol. The molecule has 0 radical (unpaired) electrons. The van der Waals surface area contributed by atoms with Crippen molar-refractivity contribution >= 4 is 11.0 Å². The van der Waals surface area contributed by atoms with Crippen LogP contribution in [-0.2, 0) is 13.2 Å². The van der Waals surface area contributed by atoms with Gasteiger partial charge in [-0.2, -0.15) is 0 Å². The third-order valence-electron chi connectivity index (χ3n) is 5.87. The van der Waals surface area contributed by atoms with E-state index < -0.39 is 0 Å². The van der Waals surface area contributed by atoms with Gasteiger partial charge in [-0.25, -0.2) is 4.98 Å². The molecule has 160 valence electrons. The van der Waals surface area contributed by atoms with Crippen LogP contribution < -0.4 is 4.74 Å². The minimum atomic E-state index is 0.411. The Bertz CT molecular complexity index is 1170. The Kier molecular flexibility index (Phi) is 6.13. The van der Waals surface area contributed by atoms with Crippen LogP contribution >= 0.6 is 0 Å². The van der Waals surface area contributed by atoms with Crippen molar-refractivity contribution < 1.29 is 4.74 Å². The maximum Gasteiger partial charge on any atom is 0.148 e. The number of ether oxygens (including phenoxy) is 1. The highest BCUT2D eigenvalue weighted by molar-refractivity contribution is 5.76. The summed E-state index contributed by atoms with van der Waals surface area (Å²) in [5.74, 6) is 2.85. The fraction of sp³-hybridized carbons (Fsp3) is 0.321. The number of para-hydroxylation sites is 2. The van der Waals surface area contributed by atoms with E-state index in [1.807, 2.05) is 6.07 Å². The topological polar surface area (TPSA) is 27.1 Å². The highest BCUT2D eigenvalue weighted by Gasteiger charge is 2.14. The molecule has 0 saturated carbocycles. The minimum Gasteiger partial charge on any atom is -0.485 e. The zero-order chi connectivity index (χ0) is 22.0. The summed E-state index contributed by atoms with van der Waals surface area (Å²) in [6.07, 6.45) is 0. The first-order valence-electron chi connectivity index (χ1n) is 11.2. The summed E-state index contributed by atoms with van der Waals surface area (Å²) in [6.45, 7) is 12.2. The molecule has 0 N–H and O–H groups in total. The first kappa shape index (κ1) is 21.2. The van der Waals surface area contributed by atoms with Gasteiger partial charge >= 0.3 is 0 Å². The fourth-order valence-electron chi connectivity index (χ4n) is 3.99. The van der Waals surface area contributed by atoms with E-state index >= 15 is 0 Å². The Morgan fingerprint density at radius 3 is 2.32 bits per heavy atom. The van der Waals surface area contributed by atoms with Gasteiger partial charge in [-0.15, -0.1) is 0 Å². The molecule has 0 spiro atoms. The molecular formula is C28H32N2O. The van der Waals surface area contributed by atoms with Gasteiger partial charge in [0.25, 0.3) is 0 Å². The van der Waals surface area contributed by atoms with Crippen molar-refractivity contribution in [1.82, 2.24) is 9.55 Å². The van der Waals surface area contributed by atoms with Crippen molar-refractivity contribution in [3.8, 4) is 5.75 Å². The quantitative estimate of drug-likeness (QED) is 0.320. The molecule has 0 aliphatic heterocycles. The van der Waals surface area contributed by atoms with Gasteiger partial charge in [0.15, 0.2) is 0 Å². The van der Waals surface area contributed by atoms with E-state index in [4.69, 9.17) is 9.72 Å². The van der Waals surface area contributed by atoms with Crippen LogP contribution in [0.4, 0.5) is 0 Å². The molecule has 4 rings (SSSR count). The molecule has 0 saturated heterocycles. The predicted molar refractivity (Wildman–Crippen MR) is 129 cm³/mol. The third kappa shape index (κ3) is 4.66. The van der Waals surface area contributed by atoms with Crippen molar-refractivity contribution in [2.45, 2.75) is 59.6 Å². The first-order chi connectivity index (χ1) is 14.9. The molecule has 1 heterocycles. The summed E-state index contributed by atoms with van der Waals surface area (Å²) in [6, 6.07) is 23.7. The zero-order valence-corrected chi connectivity index (χ0v) is 19.2. The Morgan fingerprint density at radius 2 is 1.61 bits per heavy atom. The summed E-state index contributed by atoms with van der Waals surface area (Å²) in [5.41, 5.74) is 7.22. The molecule has 1 aromatic heterocycles. The van der Waals surface area contributed by atoms with Gasteiger partial charge in [0.2, 0.25) is 0 Å². The number of aromatic nitrogens is 2. The smallest absolute Gasteiger partial charge is 0.148 e. The van der Waals surface area contributed by atoms with Crippen LogP contribution in [0.3, 0.4) is 0 Å². The number of hydrogen-bond donors (Lipinski definition) is 0. The second-order valence-electron chi connectivity index (χ2n) is 8.98. The van der Waals surface area contributed by atoms with Crippen LogP contribution in [0.1, 0.15) is 67.6 Å². The number of imidazole rings is 1. The predicted octanol–water partition coefficient (Wildman–Crippen LogP) is 7.22. The van der Waals surface area contributed by atoms with Gasteiger partial charge in [-0.3, -0.25) is 0 Å². The molecule has 0 unspecified atom stereocenters. The molecule has 3 nitrogen and oxygen atoms in total. The molecule has 0 amide bonds. The van der Waals surface area contributed by atoms with Crippen LogP contribution in [0.2, 0.25) is 0 Å². The maximum absolute atomic E-state index is 6.34. The highest BCUT2D eigenvalue weighted by Crippen LogP contribution is 2.29. The Labute approximate surface area is 185 Å². The largest absolute Gasteiger partial charge is 0.485 e. The van der Waals surface area contributed by atoms with E-state index in [-0.39, 0.29) is 0 Å². The molecule has 3 aromatic carbocycles. The third-order valence-corrected chi connectivity index (χ3v) is 5.87. The van der Waals surface area contributed by atoms with Gasteiger partial charge in [0.05, 0.1) is 11.0 Å². The van der Waals surface area contributed by atoms with E-state index in [1.165, 1.54) is 22.3 Å². The van der Waals surface area contributed by atoms with Crippen LogP contribution in [0.15, 0.2) is 66.7 Å². The summed E-state index contributed by atoms with van der Waals surface area (Å²) < 4.78 is 8.62. The Balaban J connectivity index is 1.65. The number of fused-ring (bicyclic) bond motifs is 1. The monoisotopic (exact) mass is 412 g/mol. The lowest BCUT2D eigenvalue weighted by Crippen LogP contribution is -2.09. The molecule has 4 aromatic rings. The number of aryl methyl sites for hydroxylation is 1. The summed E-state index contributed by atoms with van der Waals surface area (Å²) in [7, 11) is 0. The van der Waals surface area contributed by atoms with Crippen molar-refractivity contribution in [3.63, 3.8) is 0 Å². The standard InChI is InChI=1S/C28H32N2O/c1-19(2)23-13-11-22(12-14-23)17-30-26-9-7-6-8-25(26)29-28(30)18-31-27-16-21(5)10-15-24(27)20(3)4/h6-16,19-20H,17-18H2,1-5H3. The first-order valence-corrected chi connectivity index (χ1v) is 11.2. The second kappa shape index (κ2) is 8.97. The molecule has 0 atom stereocenters. The Morgan fingerprint density at radius 1 is 0.871 bits per heavy atom. The van der Waals surface area contributed by atoms with Gasteiger partial charge in [0, 0.05) is 6.54 Å². The molecule has 0 fully saturated rings. The van der Waals surface area contributed by atoms with E-state index in [0.29, 0.717) is 18.4 Å². The van der Waals surface area contributed by atoms with Gasteiger partial charge in [0.1, 0.15) is 18.2 Å². The number of hydrogen-bond acceptors (Lipinski definition) is 2. The molecule has 3 heteroatoms. The average molecular weight is 413 g/mol. The van der Waals surface area contributed by atoms with Gasteiger partial charge in [-0.1, -0.05) is 76.2 Å². The highest BCUT2D eigenvalue weighted by atomic mass is 16.5. The number of rotatable bonds is 7. The molecule has 0 aliphatic rings. The molecule has 0 aliphatic carbocycles. The fourth-order valence-corrected chi connectivity index (χ4v) is 3.99. The lowest BCUT2D eigenvalue weighted by molar-refractivity contribution is 0.287. The summed E-state index contributed by atoms with van der Waals surface area (Å²) in [5, 5.41) is 0. The van der Waals surface area contributed by atoms with Crippen molar-refractivity contribution in [2.24, 2.45) is 0 Å². The number of benzene rings is 3. The molecule has 31 heavy (non-hydrogen) atoms. The lowest BCUT2D eigenvalue weighted by atomic mass is 10.0. The van der Waals surface area contributed by atoms with E-state index in [0.717, 1.165) is 29.2 Å². The van der Waals surface area contributed by atoms with Crippen LogP contribution in [0, 0.1) is 6.92 Å². The number of nitrogens with zero attached hydrogens (tertiary/aromatic N) is 2. The van der Waals surface area contributed by atoms with Crippen molar-refractivity contribution in [1.29, 1.82) is 0 Å². The van der Waals surface area contributed by atoms with E-state index in [1.54, 1.807) is 0 Å². The van der Waals surface area contributed by atoms with Crippen LogP contribution in [0.25, 0.3) is 11.0 Å². The summed E-state index contributed by atoms with van der Waals surface area (Å²) >= 11 is 0. The van der Waals surface area contributed by atoms with Crippen molar-refractivity contribution in [3.05, 3.63) is 94.8 Å².